The monoisotopic (exact) mass is 332 g/mol. The molecule has 0 spiro atoms. The Morgan fingerprint density at radius 3 is 2.54 bits per heavy atom. The number of carbonyl (C=O) groups is 2. The van der Waals surface area contributed by atoms with E-state index in [1.807, 2.05) is 0 Å². The van der Waals surface area contributed by atoms with Gasteiger partial charge in [-0.25, -0.2) is 4.79 Å². The molecule has 2 rings (SSSR count). The molecule has 0 saturated heterocycles. The van der Waals surface area contributed by atoms with E-state index in [2.05, 4.69) is 0 Å². The molecule has 0 aliphatic carbocycles. The van der Waals surface area contributed by atoms with Crippen LogP contribution in [-0.4, -0.2) is 45.4 Å². The molecule has 0 aromatic heterocycles. The highest BCUT2D eigenvalue weighted by atomic mass is 16.5. The summed E-state index contributed by atoms with van der Waals surface area (Å²) < 4.78 is 5.28. The van der Waals surface area contributed by atoms with Crippen molar-refractivity contribution in [3.8, 4) is 5.75 Å². The van der Waals surface area contributed by atoms with Gasteiger partial charge in [0.2, 0.25) is 0 Å². The number of aromatic hydroxyl groups is 1. The summed E-state index contributed by atoms with van der Waals surface area (Å²) in [7, 11) is 0. The first kappa shape index (κ1) is 17.9. The van der Waals surface area contributed by atoms with Crippen LogP contribution in [-0.2, 0) is 9.53 Å². The van der Waals surface area contributed by atoms with Crippen molar-refractivity contribution in [3.05, 3.63) is 47.6 Å². The number of hydrogen-bond acceptors (Lipinski definition) is 6. The number of ether oxygens (including phenoxy) is 1. The van der Waals surface area contributed by atoms with Gasteiger partial charge in [-0.2, -0.15) is 0 Å². The maximum Gasteiger partial charge on any atom is 0.342 e. The van der Waals surface area contributed by atoms with Crippen LogP contribution in [0.25, 0.3) is 6.08 Å². The summed E-state index contributed by atoms with van der Waals surface area (Å²) in [6.07, 6.45) is 2.67. The van der Waals surface area contributed by atoms with Crippen LogP contribution < -0.4 is 0 Å². The molecule has 1 heterocycles. The van der Waals surface area contributed by atoms with Crippen molar-refractivity contribution in [2.24, 2.45) is 0 Å². The van der Waals surface area contributed by atoms with Crippen LogP contribution in [0.3, 0.4) is 0 Å². The van der Waals surface area contributed by atoms with Crippen LogP contribution in [0.1, 0.15) is 35.7 Å². The Hall–Kier alpha value is -2.44. The number of phenolic OH excluding ortho intramolecular Hbond substituents is 1. The zero-order chi connectivity index (χ0) is 17.7. The minimum Gasteiger partial charge on any atom is -0.507 e. The Kier molecular flexibility index (Phi) is 5.89. The number of ketones is 1. The molecule has 1 aromatic carbocycles. The van der Waals surface area contributed by atoms with Crippen LogP contribution in [0.4, 0.5) is 0 Å². The van der Waals surface area contributed by atoms with Gasteiger partial charge >= 0.3 is 5.97 Å². The maximum atomic E-state index is 12.3. The molecule has 1 aliphatic heterocycles. The second-order valence-corrected chi connectivity index (χ2v) is 5.65. The smallest absolute Gasteiger partial charge is 0.342 e. The van der Waals surface area contributed by atoms with Crippen molar-refractivity contribution in [2.75, 3.05) is 0 Å². The Morgan fingerprint density at radius 1 is 1.08 bits per heavy atom. The number of aliphatic hydroxyl groups is 2. The van der Waals surface area contributed by atoms with E-state index in [1.165, 1.54) is 30.4 Å². The van der Waals surface area contributed by atoms with E-state index in [-0.39, 0.29) is 24.2 Å². The van der Waals surface area contributed by atoms with Gasteiger partial charge < -0.3 is 20.1 Å². The van der Waals surface area contributed by atoms with E-state index in [0.717, 1.165) is 0 Å². The fourth-order valence-corrected chi connectivity index (χ4v) is 2.34. The molecule has 1 unspecified atom stereocenters. The fourth-order valence-electron chi connectivity index (χ4n) is 2.34. The molecule has 0 radical (unpaired) electrons. The molecule has 0 saturated carbocycles. The third-order valence-corrected chi connectivity index (χ3v) is 3.67. The van der Waals surface area contributed by atoms with Crippen molar-refractivity contribution in [2.45, 2.75) is 38.1 Å². The highest BCUT2D eigenvalue weighted by Gasteiger charge is 2.22. The van der Waals surface area contributed by atoms with Crippen LogP contribution in [0.15, 0.2) is 36.4 Å². The van der Waals surface area contributed by atoms with E-state index in [1.54, 1.807) is 19.1 Å². The summed E-state index contributed by atoms with van der Waals surface area (Å²) in [5.41, 5.74) is 0.459. The number of phenols is 1. The molecule has 128 valence electrons. The first-order valence-electron chi connectivity index (χ1n) is 7.66. The Labute approximate surface area is 139 Å². The van der Waals surface area contributed by atoms with Gasteiger partial charge in [-0.1, -0.05) is 30.4 Å². The highest BCUT2D eigenvalue weighted by Crippen LogP contribution is 2.24. The van der Waals surface area contributed by atoms with Gasteiger partial charge in [0.1, 0.15) is 23.5 Å². The fraction of sp³-hybridized carbons (Fsp3) is 0.333. The molecule has 3 N–H and O–H groups in total. The van der Waals surface area contributed by atoms with Crippen molar-refractivity contribution in [3.63, 3.8) is 0 Å². The molecular formula is C18H20O6. The third-order valence-electron chi connectivity index (χ3n) is 3.67. The van der Waals surface area contributed by atoms with E-state index >= 15 is 0 Å². The standard InChI is InChI=1S/C18H20O6/c1-11-5-2-9-14(20)17(22)15(21)10-4-7-12-6-3-8-13(19)16(12)18(23)24-11/h2-4,6-9,11,15,17,19,21-22H,5,10H2,1H3/b7-4+,9-2-/t11?,15-,17+/m0/s1. The predicted octanol–water partition coefficient (Wildman–Crippen LogP) is 1.59. The lowest BCUT2D eigenvalue weighted by atomic mass is 10.0. The summed E-state index contributed by atoms with van der Waals surface area (Å²) in [5.74, 6) is -1.48. The van der Waals surface area contributed by atoms with Gasteiger partial charge in [0.15, 0.2) is 5.78 Å². The minimum absolute atomic E-state index is 0.0152. The van der Waals surface area contributed by atoms with Crippen LogP contribution in [0, 0.1) is 0 Å². The van der Waals surface area contributed by atoms with Crippen molar-refractivity contribution >= 4 is 17.8 Å². The zero-order valence-electron chi connectivity index (χ0n) is 13.3. The number of cyclic esters (lactones) is 1. The summed E-state index contributed by atoms with van der Waals surface area (Å²) >= 11 is 0. The van der Waals surface area contributed by atoms with Gasteiger partial charge in [0.05, 0.1) is 6.10 Å². The molecule has 0 bridgehead atoms. The first-order chi connectivity index (χ1) is 11.4. The first-order valence-corrected chi connectivity index (χ1v) is 7.66. The molecule has 0 fully saturated rings. The van der Waals surface area contributed by atoms with Gasteiger partial charge in [-0.3, -0.25) is 4.79 Å². The normalized spacial score (nSPS) is 28.4. The Bertz CT molecular complexity index is 676. The number of esters is 1. The highest BCUT2D eigenvalue weighted by molar-refractivity contribution is 5.96. The molecular weight excluding hydrogens is 312 g/mol. The van der Waals surface area contributed by atoms with Crippen molar-refractivity contribution in [1.82, 2.24) is 0 Å². The number of rotatable bonds is 0. The number of hydrogen-bond donors (Lipinski definition) is 3. The van der Waals surface area contributed by atoms with E-state index in [4.69, 9.17) is 4.74 Å². The Morgan fingerprint density at radius 2 is 1.79 bits per heavy atom. The summed E-state index contributed by atoms with van der Waals surface area (Å²) in [6.45, 7) is 1.65. The van der Waals surface area contributed by atoms with E-state index < -0.39 is 30.1 Å². The lowest BCUT2D eigenvalue weighted by Crippen LogP contribution is -2.32. The Balaban J connectivity index is 2.38. The number of fused-ring (bicyclic) bond motifs is 1. The largest absolute Gasteiger partial charge is 0.507 e. The average Bonchev–Trinajstić information content (AvgIpc) is 2.52. The lowest BCUT2D eigenvalue weighted by Gasteiger charge is -2.16. The summed E-state index contributed by atoms with van der Waals surface area (Å²) in [4.78, 5) is 24.0. The molecule has 6 heteroatoms. The minimum atomic E-state index is -1.52. The van der Waals surface area contributed by atoms with Gasteiger partial charge in [0, 0.05) is 6.42 Å². The SMILES string of the molecule is CC1C/C=C\C(=O)[C@@H](O)[C@@H](O)C/C=C/c2cccc(O)c2C(=O)O1. The van der Waals surface area contributed by atoms with E-state index in [9.17, 15) is 24.9 Å². The summed E-state index contributed by atoms with van der Waals surface area (Å²) in [5, 5.41) is 29.6. The zero-order valence-corrected chi connectivity index (χ0v) is 13.3. The van der Waals surface area contributed by atoms with Gasteiger partial charge in [0.25, 0.3) is 0 Å². The van der Waals surface area contributed by atoms with Gasteiger partial charge in [-0.15, -0.1) is 0 Å². The predicted molar refractivity (Wildman–Crippen MR) is 87.4 cm³/mol. The van der Waals surface area contributed by atoms with Crippen LogP contribution >= 0.6 is 0 Å². The summed E-state index contributed by atoms with van der Waals surface area (Å²) in [6, 6.07) is 4.59. The van der Waals surface area contributed by atoms with Crippen LogP contribution in [0.2, 0.25) is 0 Å². The molecule has 24 heavy (non-hydrogen) atoms. The number of carbonyl (C=O) groups excluding carboxylic acids is 2. The molecule has 1 aromatic rings. The van der Waals surface area contributed by atoms with Crippen LogP contribution in [0.5, 0.6) is 5.75 Å². The average molecular weight is 332 g/mol. The van der Waals surface area contributed by atoms with Gasteiger partial charge in [-0.05, 0) is 31.1 Å². The third kappa shape index (κ3) is 4.31. The molecule has 1 aliphatic rings. The van der Waals surface area contributed by atoms with Crippen molar-refractivity contribution < 1.29 is 29.6 Å². The number of aliphatic hydroxyl groups excluding tert-OH is 2. The molecule has 3 atom stereocenters. The van der Waals surface area contributed by atoms with E-state index in [0.29, 0.717) is 5.56 Å². The number of benzene rings is 1. The molecule has 0 amide bonds. The second-order valence-electron chi connectivity index (χ2n) is 5.65. The van der Waals surface area contributed by atoms with Crippen molar-refractivity contribution in [1.29, 1.82) is 0 Å². The lowest BCUT2D eigenvalue weighted by molar-refractivity contribution is -0.127. The molecule has 6 nitrogen and oxygen atoms in total. The second kappa shape index (κ2) is 7.90. The topological polar surface area (TPSA) is 104 Å². The quantitative estimate of drug-likeness (QED) is 0.623. The maximum absolute atomic E-state index is 12.3.